The fourth-order valence-electron chi connectivity index (χ4n) is 4.13. The van der Waals surface area contributed by atoms with Gasteiger partial charge in [0.15, 0.2) is 5.82 Å². The number of ether oxygens (including phenoxy) is 1. The van der Waals surface area contributed by atoms with Crippen LogP contribution in [0, 0.1) is 12.7 Å². The lowest BCUT2D eigenvalue weighted by Crippen LogP contribution is -2.36. The molecule has 0 amide bonds. The fourth-order valence-corrected chi connectivity index (χ4v) is 4.13. The van der Waals surface area contributed by atoms with Crippen molar-refractivity contribution in [3.63, 3.8) is 0 Å². The molecule has 6 nitrogen and oxygen atoms in total. The van der Waals surface area contributed by atoms with Crippen molar-refractivity contribution in [2.45, 2.75) is 45.3 Å². The number of methoxy groups -OCH3 is 1. The lowest BCUT2D eigenvalue weighted by atomic mass is 10.0. The number of nitrogens with zero attached hydrogens (tertiary/aromatic N) is 4. The summed E-state index contributed by atoms with van der Waals surface area (Å²) < 4.78 is 46.3. The Morgan fingerprint density at radius 2 is 1.88 bits per heavy atom. The Labute approximate surface area is 184 Å². The lowest BCUT2D eigenvalue weighted by molar-refractivity contribution is 0.0819. The molecule has 1 saturated heterocycles. The van der Waals surface area contributed by atoms with E-state index in [-0.39, 0.29) is 11.7 Å². The fraction of sp³-hybridized carbons (Fsp3) is 0.435. The van der Waals surface area contributed by atoms with Crippen LogP contribution in [0.2, 0.25) is 0 Å². The summed E-state index contributed by atoms with van der Waals surface area (Å²) in [6.45, 7) is 5.24. The maximum atomic E-state index is 14.6. The van der Waals surface area contributed by atoms with Gasteiger partial charge in [0, 0.05) is 31.1 Å². The minimum absolute atomic E-state index is 0.143. The van der Waals surface area contributed by atoms with Crippen molar-refractivity contribution in [3.05, 3.63) is 53.1 Å². The molecule has 4 rings (SSSR count). The number of alkyl halides is 2. The summed E-state index contributed by atoms with van der Waals surface area (Å²) >= 11 is 0. The summed E-state index contributed by atoms with van der Waals surface area (Å²) in [6, 6.07) is 5.42. The molecule has 170 valence electrons. The van der Waals surface area contributed by atoms with Crippen LogP contribution in [0.1, 0.15) is 49.1 Å². The summed E-state index contributed by atoms with van der Waals surface area (Å²) in [6.07, 6.45) is 1.08. The zero-order valence-electron chi connectivity index (χ0n) is 18.3. The number of pyridine rings is 1. The predicted molar refractivity (Wildman–Crippen MR) is 118 cm³/mol. The van der Waals surface area contributed by atoms with E-state index in [1.807, 2.05) is 19.2 Å². The molecule has 1 aliphatic rings. The molecule has 0 bridgehead atoms. The molecule has 3 heterocycles. The highest BCUT2D eigenvalue weighted by Crippen LogP contribution is 2.32. The summed E-state index contributed by atoms with van der Waals surface area (Å²) in [7, 11) is 1.73. The highest BCUT2D eigenvalue weighted by atomic mass is 19.3. The maximum Gasteiger partial charge on any atom is 0.266 e. The molecule has 0 saturated carbocycles. The van der Waals surface area contributed by atoms with Crippen LogP contribution in [0.3, 0.4) is 0 Å². The molecule has 1 atom stereocenters. The van der Waals surface area contributed by atoms with E-state index >= 15 is 0 Å². The number of nitrogens with one attached hydrogen (secondary N) is 1. The second-order valence-corrected chi connectivity index (χ2v) is 8.06. The standard InChI is InChI=1S/C23H26F3N5O/c1-13(17-5-4-6-18(20(17)24)22(25)26)28-23-19-11-15(12-27-21(19)14(2)29-30-23)31-9-7-16(32-3)8-10-31/h4-6,11-13,16,22H,7-10H2,1-3H3,(H,28,30)/t13-/m1/s1. The van der Waals surface area contributed by atoms with Gasteiger partial charge in [0.1, 0.15) is 5.82 Å². The van der Waals surface area contributed by atoms with Crippen molar-refractivity contribution in [2.75, 3.05) is 30.4 Å². The van der Waals surface area contributed by atoms with Crippen molar-refractivity contribution in [2.24, 2.45) is 0 Å². The Morgan fingerprint density at radius 1 is 1.16 bits per heavy atom. The van der Waals surface area contributed by atoms with Crippen molar-refractivity contribution in [1.82, 2.24) is 15.2 Å². The van der Waals surface area contributed by atoms with Crippen LogP contribution in [-0.4, -0.2) is 41.5 Å². The second-order valence-electron chi connectivity index (χ2n) is 8.06. The van der Waals surface area contributed by atoms with E-state index in [0.717, 1.165) is 43.1 Å². The van der Waals surface area contributed by atoms with Gasteiger partial charge in [-0.1, -0.05) is 18.2 Å². The summed E-state index contributed by atoms with van der Waals surface area (Å²) in [5.74, 6) is -0.479. The van der Waals surface area contributed by atoms with E-state index < -0.39 is 23.8 Å². The Hall–Kier alpha value is -2.94. The Morgan fingerprint density at radius 3 is 2.56 bits per heavy atom. The van der Waals surface area contributed by atoms with E-state index in [1.54, 1.807) is 14.0 Å². The van der Waals surface area contributed by atoms with Crippen molar-refractivity contribution in [3.8, 4) is 0 Å². The first kappa shape index (κ1) is 22.3. The molecule has 0 unspecified atom stereocenters. The molecular formula is C23H26F3N5O. The smallest absolute Gasteiger partial charge is 0.266 e. The van der Waals surface area contributed by atoms with Crippen LogP contribution >= 0.6 is 0 Å². The van der Waals surface area contributed by atoms with Gasteiger partial charge in [0.2, 0.25) is 0 Å². The quantitative estimate of drug-likeness (QED) is 0.563. The first-order valence-corrected chi connectivity index (χ1v) is 10.6. The average Bonchev–Trinajstić information content (AvgIpc) is 2.80. The third-order valence-electron chi connectivity index (χ3n) is 6.02. The minimum atomic E-state index is -2.88. The monoisotopic (exact) mass is 445 g/mol. The lowest BCUT2D eigenvalue weighted by Gasteiger charge is -2.32. The van der Waals surface area contributed by atoms with Crippen molar-refractivity contribution < 1.29 is 17.9 Å². The summed E-state index contributed by atoms with van der Waals surface area (Å²) in [4.78, 5) is 6.85. The van der Waals surface area contributed by atoms with E-state index in [9.17, 15) is 13.2 Å². The predicted octanol–water partition coefficient (Wildman–Crippen LogP) is 5.20. The zero-order chi connectivity index (χ0) is 22.8. The third-order valence-corrected chi connectivity index (χ3v) is 6.02. The average molecular weight is 445 g/mol. The van der Waals surface area contributed by atoms with Gasteiger partial charge in [0.05, 0.1) is 40.8 Å². The summed E-state index contributed by atoms with van der Waals surface area (Å²) in [5, 5.41) is 12.3. The van der Waals surface area contributed by atoms with Crippen LogP contribution in [0.4, 0.5) is 24.7 Å². The largest absolute Gasteiger partial charge is 0.381 e. The van der Waals surface area contributed by atoms with Gasteiger partial charge in [-0.25, -0.2) is 13.2 Å². The highest BCUT2D eigenvalue weighted by molar-refractivity contribution is 5.92. The molecule has 1 aliphatic heterocycles. The molecule has 1 N–H and O–H groups in total. The number of aromatic nitrogens is 3. The number of anilines is 2. The van der Waals surface area contributed by atoms with Gasteiger partial charge in [-0.15, -0.1) is 5.10 Å². The topological polar surface area (TPSA) is 63.2 Å². The van der Waals surface area contributed by atoms with Crippen LogP contribution in [-0.2, 0) is 4.74 Å². The van der Waals surface area contributed by atoms with Crippen LogP contribution in [0.15, 0.2) is 30.5 Å². The van der Waals surface area contributed by atoms with Crippen molar-refractivity contribution >= 4 is 22.4 Å². The number of rotatable bonds is 6. The Bertz CT molecular complexity index is 1100. The molecule has 3 aromatic rings. The van der Waals surface area contributed by atoms with E-state index in [1.165, 1.54) is 12.1 Å². The van der Waals surface area contributed by atoms with Crippen LogP contribution in [0.5, 0.6) is 0 Å². The van der Waals surface area contributed by atoms with E-state index in [4.69, 9.17) is 4.74 Å². The summed E-state index contributed by atoms with van der Waals surface area (Å²) in [5.41, 5.74) is 1.85. The number of halogens is 3. The zero-order valence-corrected chi connectivity index (χ0v) is 18.3. The maximum absolute atomic E-state index is 14.6. The SMILES string of the molecule is COC1CCN(c2cnc3c(C)nnc(N[C@H](C)c4cccc(C(F)F)c4F)c3c2)CC1. The minimum Gasteiger partial charge on any atom is -0.381 e. The Kier molecular flexibility index (Phi) is 6.45. The molecule has 0 spiro atoms. The van der Waals surface area contributed by atoms with Crippen LogP contribution in [0.25, 0.3) is 10.9 Å². The van der Waals surface area contributed by atoms with Gasteiger partial charge >= 0.3 is 0 Å². The van der Waals surface area contributed by atoms with Crippen LogP contribution < -0.4 is 10.2 Å². The highest BCUT2D eigenvalue weighted by Gasteiger charge is 2.22. The number of aryl methyl sites for hydroxylation is 1. The van der Waals surface area contributed by atoms with Gasteiger partial charge in [-0.3, -0.25) is 4.98 Å². The van der Waals surface area contributed by atoms with Gasteiger partial charge in [-0.2, -0.15) is 5.10 Å². The molecule has 1 aromatic carbocycles. The normalized spacial score (nSPS) is 16.0. The van der Waals surface area contributed by atoms with E-state index in [2.05, 4.69) is 25.4 Å². The Balaban J connectivity index is 1.65. The van der Waals surface area contributed by atoms with Crippen molar-refractivity contribution in [1.29, 1.82) is 0 Å². The first-order chi connectivity index (χ1) is 15.4. The van der Waals surface area contributed by atoms with Gasteiger partial charge < -0.3 is 15.0 Å². The third kappa shape index (κ3) is 4.34. The van der Waals surface area contributed by atoms with Gasteiger partial charge in [-0.05, 0) is 32.8 Å². The molecular weight excluding hydrogens is 419 g/mol. The molecule has 2 aromatic heterocycles. The molecule has 0 radical (unpaired) electrons. The first-order valence-electron chi connectivity index (χ1n) is 10.6. The molecule has 1 fully saturated rings. The molecule has 9 heteroatoms. The van der Waals surface area contributed by atoms with E-state index in [0.29, 0.717) is 17.0 Å². The number of hydrogen-bond donors (Lipinski definition) is 1. The van der Waals surface area contributed by atoms with Gasteiger partial charge in [0.25, 0.3) is 6.43 Å². The number of fused-ring (bicyclic) bond motifs is 1. The number of hydrogen-bond acceptors (Lipinski definition) is 6. The molecule has 0 aliphatic carbocycles. The second kappa shape index (κ2) is 9.28. The number of benzene rings is 1. The molecule has 32 heavy (non-hydrogen) atoms. The number of piperidine rings is 1.